The minimum absolute atomic E-state index is 0.836. The van der Waals surface area contributed by atoms with E-state index in [9.17, 15) is 0 Å². The fraction of sp³-hybridized carbons (Fsp3) is 0.571. The second kappa shape index (κ2) is 5.70. The highest BCUT2D eigenvalue weighted by Gasteiger charge is 2.15. The summed E-state index contributed by atoms with van der Waals surface area (Å²) in [7, 11) is 2.22. The minimum atomic E-state index is 0.836. The van der Waals surface area contributed by atoms with Crippen molar-refractivity contribution in [1.29, 1.82) is 0 Å². The molecule has 1 aromatic rings. The molecule has 0 unspecified atom stereocenters. The maximum absolute atomic E-state index is 5.87. The monoisotopic (exact) mass is 237 g/mol. The Morgan fingerprint density at radius 3 is 2.44 bits per heavy atom. The van der Waals surface area contributed by atoms with E-state index in [0.29, 0.717) is 0 Å². The fourth-order valence-corrected chi connectivity index (χ4v) is 2.50. The van der Waals surface area contributed by atoms with Crippen LogP contribution in [0.15, 0.2) is 24.3 Å². The zero-order chi connectivity index (χ0) is 11.4. The molecule has 16 heavy (non-hydrogen) atoms. The van der Waals surface area contributed by atoms with E-state index in [4.69, 9.17) is 11.6 Å². The maximum atomic E-state index is 5.87. The molecule has 1 aromatic carbocycles. The van der Waals surface area contributed by atoms with E-state index in [1.54, 1.807) is 0 Å². The Bertz CT molecular complexity index is 312. The topological polar surface area (TPSA) is 3.24 Å². The first kappa shape index (κ1) is 11.9. The molecule has 0 radical (unpaired) electrons. The largest absolute Gasteiger partial charge is 0.306 e. The van der Waals surface area contributed by atoms with Gasteiger partial charge < -0.3 is 4.90 Å². The van der Waals surface area contributed by atoms with E-state index in [0.717, 1.165) is 10.9 Å². The van der Waals surface area contributed by atoms with Gasteiger partial charge in [0.2, 0.25) is 0 Å². The lowest BCUT2D eigenvalue weighted by atomic mass is 9.91. The summed E-state index contributed by atoms with van der Waals surface area (Å²) in [6, 6.07) is 8.28. The Kier molecular flexibility index (Phi) is 4.25. The summed E-state index contributed by atoms with van der Waals surface area (Å²) in [6.45, 7) is 2.54. The molecule has 1 saturated heterocycles. The van der Waals surface area contributed by atoms with Crippen LogP contribution in [-0.2, 0) is 6.42 Å². The van der Waals surface area contributed by atoms with E-state index in [1.165, 1.54) is 44.3 Å². The van der Waals surface area contributed by atoms with Crippen LogP contribution in [0.3, 0.4) is 0 Å². The summed E-state index contributed by atoms with van der Waals surface area (Å²) < 4.78 is 0. The van der Waals surface area contributed by atoms with E-state index >= 15 is 0 Å². The quantitative estimate of drug-likeness (QED) is 0.776. The van der Waals surface area contributed by atoms with Gasteiger partial charge in [-0.2, -0.15) is 0 Å². The highest BCUT2D eigenvalue weighted by molar-refractivity contribution is 6.30. The van der Waals surface area contributed by atoms with Crippen molar-refractivity contribution in [2.45, 2.75) is 25.7 Å². The summed E-state index contributed by atoms with van der Waals surface area (Å²) in [4.78, 5) is 2.43. The lowest BCUT2D eigenvalue weighted by molar-refractivity contribution is 0.212. The standard InChI is InChI=1S/C14H20ClN/c1-16-10-8-13(9-11-16)3-2-12-4-6-14(15)7-5-12/h4-7,13H,2-3,8-11H2,1H3. The molecule has 0 saturated carbocycles. The molecule has 0 atom stereocenters. The third-order valence-corrected chi connectivity index (χ3v) is 3.84. The lowest BCUT2D eigenvalue weighted by Gasteiger charge is -2.28. The van der Waals surface area contributed by atoms with Gasteiger partial charge in [-0.1, -0.05) is 23.7 Å². The predicted molar refractivity (Wildman–Crippen MR) is 70.0 cm³/mol. The average Bonchev–Trinajstić information content (AvgIpc) is 2.30. The molecule has 1 aliphatic heterocycles. The molecule has 1 fully saturated rings. The summed E-state index contributed by atoms with van der Waals surface area (Å²) in [5.74, 6) is 0.923. The average molecular weight is 238 g/mol. The highest BCUT2D eigenvalue weighted by atomic mass is 35.5. The lowest BCUT2D eigenvalue weighted by Crippen LogP contribution is -2.30. The van der Waals surface area contributed by atoms with Crippen molar-refractivity contribution >= 4 is 11.6 Å². The molecule has 2 rings (SSSR count). The van der Waals surface area contributed by atoms with Gasteiger partial charge in [0, 0.05) is 5.02 Å². The Morgan fingerprint density at radius 2 is 1.81 bits per heavy atom. The molecule has 88 valence electrons. The number of benzene rings is 1. The van der Waals surface area contributed by atoms with Gasteiger partial charge in [-0.05, 0) is 69.4 Å². The number of piperidine rings is 1. The number of halogens is 1. The Balaban J connectivity index is 1.77. The zero-order valence-electron chi connectivity index (χ0n) is 9.95. The second-order valence-electron chi connectivity index (χ2n) is 4.91. The van der Waals surface area contributed by atoms with Gasteiger partial charge in [-0.25, -0.2) is 0 Å². The molecule has 1 heterocycles. The number of hydrogen-bond acceptors (Lipinski definition) is 1. The smallest absolute Gasteiger partial charge is 0.0406 e. The van der Waals surface area contributed by atoms with Crippen molar-refractivity contribution in [2.24, 2.45) is 5.92 Å². The van der Waals surface area contributed by atoms with Crippen LogP contribution in [0.5, 0.6) is 0 Å². The number of rotatable bonds is 3. The highest BCUT2D eigenvalue weighted by Crippen LogP contribution is 2.22. The van der Waals surface area contributed by atoms with E-state index < -0.39 is 0 Å². The van der Waals surface area contributed by atoms with Gasteiger partial charge in [0.25, 0.3) is 0 Å². The van der Waals surface area contributed by atoms with Crippen LogP contribution in [-0.4, -0.2) is 25.0 Å². The zero-order valence-corrected chi connectivity index (χ0v) is 10.7. The molecule has 0 bridgehead atoms. The molecular formula is C14H20ClN. The minimum Gasteiger partial charge on any atom is -0.306 e. The maximum Gasteiger partial charge on any atom is 0.0406 e. The molecule has 1 aliphatic rings. The van der Waals surface area contributed by atoms with Crippen molar-refractivity contribution in [3.8, 4) is 0 Å². The number of hydrogen-bond donors (Lipinski definition) is 0. The van der Waals surface area contributed by atoms with Gasteiger partial charge in [-0.3, -0.25) is 0 Å². The van der Waals surface area contributed by atoms with Crippen LogP contribution >= 0.6 is 11.6 Å². The van der Waals surface area contributed by atoms with Crippen LogP contribution in [0.1, 0.15) is 24.8 Å². The van der Waals surface area contributed by atoms with Crippen LogP contribution < -0.4 is 0 Å². The van der Waals surface area contributed by atoms with Gasteiger partial charge in [0.05, 0.1) is 0 Å². The molecular weight excluding hydrogens is 218 g/mol. The summed E-state index contributed by atoms with van der Waals surface area (Å²) in [5, 5.41) is 0.836. The molecule has 0 spiro atoms. The van der Waals surface area contributed by atoms with Crippen molar-refractivity contribution in [2.75, 3.05) is 20.1 Å². The first-order chi connectivity index (χ1) is 7.74. The van der Waals surface area contributed by atoms with Gasteiger partial charge in [0.1, 0.15) is 0 Å². The van der Waals surface area contributed by atoms with Crippen LogP contribution in [0, 0.1) is 5.92 Å². The van der Waals surface area contributed by atoms with Gasteiger partial charge in [-0.15, -0.1) is 0 Å². The summed E-state index contributed by atoms with van der Waals surface area (Å²) in [5.41, 5.74) is 1.42. The van der Waals surface area contributed by atoms with Crippen LogP contribution in [0.25, 0.3) is 0 Å². The number of nitrogens with zero attached hydrogens (tertiary/aromatic N) is 1. The van der Waals surface area contributed by atoms with E-state index in [1.807, 2.05) is 12.1 Å². The van der Waals surface area contributed by atoms with Crippen molar-refractivity contribution in [3.05, 3.63) is 34.9 Å². The fourth-order valence-electron chi connectivity index (χ4n) is 2.37. The third-order valence-electron chi connectivity index (χ3n) is 3.59. The number of aryl methyl sites for hydroxylation is 1. The Hall–Kier alpha value is -0.530. The Morgan fingerprint density at radius 1 is 1.19 bits per heavy atom. The predicted octanol–water partition coefficient (Wildman–Crippen LogP) is 3.61. The summed E-state index contributed by atoms with van der Waals surface area (Å²) >= 11 is 5.87. The molecule has 0 aliphatic carbocycles. The third kappa shape index (κ3) is 3.50. The molecule has 2 heteroatoms. The normalized spacial score (nSPS) is 18.9. The molecule has 0 aromatic heterocycles. The Labute approximate surface area is 103 Å². The van der Waals surface area contributed by atoms with Crippen molar-refractivity contribution in [1.82, 2.24) is 4.90 Å². The van der Waals surface area contributed by atoms with E-state index in [-0.39, 0.29) is 0 Å². The second-order valence-corrected chi connectivity index (χ2v) is 5.35. The van der Waals surface area contributed by atoms with Crippen LogP contribution in [0.4, 0.5) is 0 Å². The summed E-state index contributed by atoms with van der Waals surface area (Å²) in [6.07, 6.45) is 5.26. The van der Waals surface area contributed by atoms with Crippen molar-refractivity contribution < 1.29 is 0 Å². The molecule has 1 nitrogen and oxygen atoms in total. The van der Waals surface area contributed by atoms with Gasteiger partial charge in [0.15, 0.2) is 0 Å². The molecule has 0 N–H and O–H groups in total. The van der Waals surface area contributed by atoms with Crippen LogP contribution in [0.2, 0.25) is 5.02 Å². The number of likely N-dealkylation sites (tertiary alicyclic amines) is 1. The van der Waals surface area contributed by atoms with E-state index in [2.05, 4.69) is 24.1 Å². The first-order valence-electron chi connectivity index (χ1n) is 6.17. The first-order valence-corrected chi connectivity index (χ1v) is 6.55. The van der Waals surface area contributed by atoms with Crippen molar-refractivity contribution in [3.63, 3.8) is 0 Å². The molecule has 0 amide bonds. The SMILES string of the molecule is CN1CCC(CCc2ccc(Cl)cc2)CC1. The van der Waals surface area contributed by atoms with Gasteiger partial charge >= 0.3 is 0 Å².